The summed E-state index contributed by atoms with van der Waals surface area (Å²) in [5.74, 6) is 0.420. The Labute approximate surface area is 78.0 Å². The minimum Gasteiger partial charge on any atom is -0.474 e. The van der Waals surface area contributed by atoms with E-state index in [1.807, 2.05) is 20.8 Å². The summed E-state index contributed by atoms with van der Waals surface area (Å²) in [5.41, 5.74) is 1.46. The molecule has 1 aromatic rings. The molecule has 1 rings (SSSR count). The van der Waals surface area contributed by atoms with Gasteiger partial charge in [-0.05, 0) is 32.4 Å². The van der Waals surface area contributed by atoms with Crippen molar-refractivity contribution in [3.05, 3.63) is 23.4 Å². The van der Waals surface area contributed by atoms with Gasteiger partial charge < -0.3 is 4.74 Å². The second kappa shape index (κ2) is 3.90. The third kappa shape index (κ3) is 2.45. The summed E-state index contributed by atoms with van der Waals surface area (Å²) in [6.45, 7) is 5.71. The first-order valence-electron chi connectivity index (χ1n) is 4.17. The van der Waals surface area contributed by atoms with E-state index in [2.05, 4.69) is 11.1 Å². The smallest absolute Gasteiger partial charge is 0.231 e. The van der Waals surface area contributed by atoms with Gasteiger partial charge in [0, 0.05) is 6.20 Å². The van der Waals surface area contributed by atoms with E-state index in [9.17, 15) is 0 Å². The number of aryl methyl sites for hydroxylation is 1. The number of nitriles is 1. The Morgan fingerprint density at radius 2 is 2.23 bits per heavy atom. The SMILES string of the molecule is Cc1cnc(OC(C)C)c(C#N)c1. The lowest BCUT2D eigenvalue weighted by atomic mass is 10.2. The Hall–Kier alpha value is -1.56. The fourth-order valence-corrected chi connectivity index (χ4v) is 0.954. The van der Waals surface area contributed by atoms with Crippen molar-refractivity contribution in [3.63, 3.8) is 0 Å². The van der Waals surface area contributed by atoms with E-state index < -0.39 is 0 Å². The van der Waals surface area contributed by atoms with Gasteiger partial charge in [-0.25, -0.2) is 4.98 Å². The van der Waals surface area contributed by atoms with Crippen molar-refractivity contribution in [2.75, 3.05) is 0 Å². The molecule has 0 saturated carbocycles. The van der Waals surface area contributed by atoms with Gasteiger partial charge in [0.25, 0.3) is 0 Å². The van der Waals surface area contributed by atoms with Crippen molar-refractivity contribution in [3.8, 4) is 11.9 Å². The summed E-state index contributed by atoms with van der Waals surface area (Å²) >= 11 is 0. The third-order valence-corrected chi connectivity index (χ3v) is 1.46. The first-order valence-corrected chi connectivity index (χ1v) is 4.17. The summed E-state index contributed by atoms with van der Waals surface area (Å²) in [7, 11) is 0. The lowest BCUT2D eigenvalue weighted by molar-refractivity contribution is 0.232. The molecule has 0 fully saturated rings. The van der Waals surface area contributed by atoms with E-state index in [1.54, 1.807) is 12.3 Å². The van der Waals surface area contributed by atoms with E-state index in [-0.39, 0.29) is 6.10 Å². The van der Waals surface area contributed by atoms with Gasteiger partial charge in [-0.2, -0.15) is 5.26 Å². The molecule has 0 spiro atoms. The standard InChI is InChI=1S/C10H12N2O/c1-7(2)13-10-9(5-11)4-8(3)6-12-10/h4,6-7H,1-3H3. The number of aromatic nitrogens is 1. The lowest BCUT2D eigenvalue weighted by Crippen LogP contribution is -2.08. The van der Waals surface area contributed by atoms with Gasteiger partial charge in [-0.15, -0.1) is 0 Å². The van der Waals surface area contributed by atoms with Crippen molar-refractivity contribution >= 4 is 0 Å². The summed E-state index contributed by atoms with van der Waals surface area (Å²) < 4.78 is 5.36. The van der Waals surface area contributed by atoms with Crippen LogP contribution in [0.2, 0.25) is 0 Å². The highest BCUT2D eigenvalue weighted by Crippen LogP contribution is 2.16. The molecule has 1 aromatic heterocycles. The van der Waals surface area contributed by atoms with Crippen LogP contribution in [-0.4, -0.2) is 11.1 Å². The number of rotatable bonds is 2. The number of hydrogen-bond donors (Lipinski definition) is 0. The third-order valence-electron chi connectivity index (χ3n) is 1.46. The second-order valence-corrected chi connectivity index (χ2v) is 3.14. The van der Waals surface area contributed by atoms with Gasteiger partial charge in [0.1, 0.15) is 11.6 Å². The highest BCUT2D eigenvalue weighted by molar-refractivity contribution is 5.39. The molecule has 1 heterocycles. The van der Waals surface area contributed by atoms with E-state index in [4.69, 9.17) is 10.00 Å². The normalized spacial score (nSPS) is 9.77. The average molecular weight is 176 g/mol. The number of hydrogen-bond acceptors (Lipinski definition) is 3. The first kappa shape index (κ1) is 9.53. The van der Waals surface area contributed by atoms with E-state index in [1.165, 1.54) is 0 Å². The van der Waals surface area contributed by atoms with Gasteiger partial charge in [0.05, 0.1) is 6.10 Å². The summed E-state index contributed by atoms with van der Waals surface area (Å²) in [6.07, 6.45) is 1.74. The minimum absolute atomic E-state index is 0.0438. The van der Waals surface area contributed by atoms with Gasteiger partial charge in [-0.1, -0.05) is 0 Å². The zero-order chi connectivity index (χ0) is 9.84. The summed E-state index contributed by atoms with van der Waals surface area (Å²) in [5, 5.41) is 8.79. The molecule has 0 saturated heterocycles. The molecule has 0 aliphatic rings. The van der Waals surface area contributed by atoms with Gasteiger partial charge in [0.2, 0.25) is 5.88 Å². The van der Waals surface area contributed by atoms with E-state index >= 15 is 0 Å². The second-order valence-electron chi connectivity index (χ2n) is 3.14. The van der Waals surface area contributed by atoms with Crippen LogP contribution in [0.15, 0.2) is 12.3 Å². The topological polar surface area (TPSA) is 45.9 Å². The van der Waals surface area contributed by atoms with Gasteiger partial charge in [0.15, 0.2) is 0 Å². The quantitative estimate of drug-likeness (QED) is 0.692. The molecule has 3 nitrogen and oxygen atoms in total. The van der Waals surface area contributed by atoms with Crippen LogP contribution in [0.3, 0.4) is 0 Å². The molecule has 0 atom stereocenters. The minimum atomic E-state index is 0.0438. The van der Waals surface area contributed by atoms with Gasteiger partial charge >= 0.3 is 0 Å². The maximum Gasteiger partial charge on any atom is 0.231 e. The summed E-state index contributed by atoms with van der Waals surface area (Å²) in [4.78, 5) is 4.04. The Bertz CT molecular complexity index is 339. The van der Waals surface area contributed by atoms with Gasteiger partial charge in [-0.3, -0.25) is 0 Å². The molecule has 68 valence electrons. The van der Waals surface area contributed by atoms with Crippen molar-refractivity contribution < 1.29 is 4.74 Å². The molecule has 0 aliphatic heterocycles. The zero-order valence-electron chi connectivity index (χ0n) is 8.03. The Morgan fingerprint density at radius 1 is 1.54 bits per heavy atom. The van der Waals surface area contributed by atoms with Crippen LogP contribution in [0.25, 0.3) is 0 Å². The fraction of sp³-hybridized carbons (Fsp3) is 0.400. The maximum atomic E-state index is 8.79. The van der Waals surface area contributed by atoms with Crippen molar-refractivity contribution in [1.29, 1.82) is 5.26 Å². The fourth-order valence-electron chi connectivity index (χ4n) is 0.954. The molecule has 0 unspecified atom stereocenters. The van der Waals surface area contributed by atoms with Crippen LogP contribution in [-0.2, 0) is 0 Å². The highest BCUT2D eigenvalue weighted by atomic mass is 16.5. The molecule has 0 bridgehead atoms. The molecule has 0 aliphatic carbocycles. The predicted molar refractivity (Wildman–Crippen MR) is 49.5 cm³/mol. The number of nitrogens with zero attached hydrogens (tertiary/aromatic N) is 2. The highest BCUT2D eigenvalue weighted by Gasteiger charge is 2.06. The Morgan fingerprint density at radius 3 is 2.77 bits per heavy atom. The predicted octanol–water partition coefficient (Wildman–Crippen LogP) is 2.05. The average Bonchev–Trinajstić information content (AvgIpc) is 2.07. The monoisotopic (exact) mass is 176 g/mol. The largest absolute Gasteiger partial charge is 0.474 e. The number of ether oxygens (including phenoxy) is 1. The van der Waals surface area contributed by atoms with Crippen LogP contribution in [0.1, 0.15) is 25.0 Å². The Balaban J connectivity index is 3.01. The Kier molecular flexibility index (Phi) is 2.86. The summed E-state index contributed by atoms with van der Waals surface area (Å²) in [6, 6.07) is 3.82. The van der Waals surface area contributed by atoms with Crippen LogP contribution in [0.4, 0.5) is 0 Å². The molecule has 0 radical (unpaired) electrons. The van der Waals surface area contributed by atoms with E-state index in [0.717, 1.165) is 5.56 Å². The number of pyridine rings is 1. The van der Waals surface area contributed by atoms with E-state index in [0.29, 0.717) is 11.4 Å². The maximum absolute atomic E-state index is 8.79. The first-order chi connectivity index (χ1) is 6.13. The van der Waals surface area contributed by atoms with Crippen LogP contribution >= 0.6 is 0 Å². The van der Waals surface area contributed by atoms with Crippen LogP contribution < -0.4 is 4.74 Å². The van der Waals surface area contributed by atoms with Crippen molar-refractivity contribution in [1.82, 2.24) is 4.98 Å². The molecule has 0 aromatic carbocycles. The molecule has 3 heteroatoms. The lowest BCUT2D eigenvalue weighted by Gasteiger charge is -2.09. The zero-order valence-corrected chi connectivity index (χ0v) is 8.03. The van der Waals surface area contributed by atoms with Crippen LogP contribution in [0, 0.1) is 18.3 Å². The van der Waals surface area contributed by atoms with Crippen LogP contribution in [0.5, 0.6) is 5.88 Å². The molecular formula is C10H12N2O. The molecule has 0 amide bonds. The van der Waals surface area contributed by atoms with Crippen molar-refractivity contribution in [2.45, 2.75) is 26.9 Å². The van der Waals surface area contributed by atoms with Crippen molar-refractivity contribution in [2.24, 2.45) is 0 Å². The molecule has 0 N–H and O–H groups in total. The molecule has 13 heavy (non-hydrogen) atoms. The molecular weight excluding hydrogens is 164 g/mol.